The van der Waals surface area contributed by atoms with Crippen molar-refractivity contribution < 1.29 is 9.53 Å². The SMILES string of the molecule is COC1(C(=O)NCc2ccccc2CN2CC(C)CC(C)C2)CCNCC1.Cl.Cl. The lowest BCUT2D eigenvalue weighted by molar-refractivity contribution is -0.146. The Morgan fingerprint density at radius 2 is 1.72 bits per heavy atom. The van der Waals surface area contributed by atoms with E-state index >= 15 is 0 Å². The van der Waals surface area contributed by atoms with Gasteiger partial charge in [-0.25, -0.2) is 0 Å². The topological polar surface area (TPSA) is 53.6 Å². The molecule has 2 saturated heterocycles. The van der Waals surface area contributed by atoms with Gasteiger partial charge in [0.15, 0.2) is 0 Å². The number of benzene rings is 1. The summed E-state index contributed by atoms with van der Waals surface area (Å²) >= 11 is 0. The van der Waals surface area contributed by atoms with Crippen LogP contribution in [0.4, 0.5) is 0 Å². The highest BCUT2D eigenvalue weighted by molar-refractivity contribution is 5.86. The normalized spacial score (nSPS) is 24.1. The number of halogens is 2. The molecule has 1 amide bonds. The summed E-state index contributed by atoms with van der Waals surface area (Å²) in [5, 5.41) is 6.44. The largest absolute Gasteiger partial charge is 0.368 e. The van der Waals surface area contributed by atoms with Crippen molar-refractivity contribution in [1.82, 2.24) is 15.5 Å². The smallest absolute Gasteiger partial charge is 0.252 e. The van der Waals surface area contributed by atoms with Gasteiger partial charge in [-0.05, 0) is 55.3 Å². The Morgan fingerprint density at radius 1 is 1.14 bits per heavy atom. The van der Waals surface area contributed by atoms with E-state index in [1.54, 1.807) is 7.11 Å². The van der Waals surface area contributed by atoms with E-state index in [-0.39, 0.29) is 30.7 Å². The molecule has 0 radical (unpaired) electrons. The molecular formula is C22H37Cl2N3O2. The Balaban J connectivity index is 0.00000210. The molecule has 2 N–H and O–H groups in total. The van der Waals surface area contributed by atoms with Crippen LogP contribution in [0.1, 0.15) is 44.2 Å². The second kappa shape index (κ2) is 12.1. The van der Waals surface area contributed by atoms with E-state index in [0.717, 1.165) is 57.4 Å². The zero-order valence-electron chi connectivity index (χ0n) is 17.9. The molecule has 166 valence electrons. The number of nitrogens with zero attached hydrogens (tertiary/aromatic N) is 1. The molecule has 1 aromatic carbocycles. The minimum Gasteiger partial charge on any atom is -0.368 e. The summed E-state index contributed by atoms with van der Waals surface area (Å²) in [6.45, 7) is 10.2. The van der Waals surface area contributed by atoms with Gasteiger partial charge in [0, 0.05) is 33.3 Å². The lowest BCUT2D eigenvalue weighted by atomic mass is 9.90. The molecule has 2 aliphatic rings. The molecule has 5 nitrogen and oxygen atoms in total. The quantitative estimate of drug-likeness (QED) is 0.704. The first-order valence-corrected chi connectivity index (χ1v) is 10.4. The summed E-state index contributed by atoms with van der Waals surface area (Å²) < 4.78 is 5.64. The van der Waals surface area contributed by atoms with Crippen LogP contribution in [0, 0.1) is 11.8 Å². The fraction of sp³-hybridized carbons (Fsp3) is 0.682. The van der Waals surface area contributed by atoms with Gasteiger partial charge in [0.1, 0.15) is 5.60 Å². The summed E-state index contributed by atoms with van der Waals surface area (Å²) in [7, 11) is 1.65. The van der Waals surface area contributed by atoms with Crippen molar-refractivity contribution >= 4 is 30.7 Å². The molecule has 0 spiro atoms. The van der Waals surface area contributed by atoms with Crippen LogP contribution in [-0.4, -0.2) is 49.7 Å². The van der Waals surface area contributed by atoms with E-state index in [0.29, 0.717) is 6.54 Å². The third-order valence-corrected chi connectivity index (χ3v) is 6.11. The van der Waals surface area contributed by atoms with Gasteiger partial charge in [0.25, 0.3) is 5.91 Å². The lowest BCUT2D eigenvalue weighted by Crippen LogP contribution is -2.54. The van der Waals surface area contributed by atoms with Crippen LogP contribution in [0.2, 0.25) is 0 Å². The lowest BCUT2D eigenvalue weighted by Gasteiger charge is -2.36. The van der Waals surface area contributed by atoms with Crippen LogP contribution in [0.15, 0.2) is 24.3 Å². The van der Waals surface area contributed by atoms with Crippen LogP contribution in [0.3, 0.4) is 0 Å². The number of carbonyl (C=O) groups is 1. The molecule has 2 atom stereocenters. The van der Waals surface area contributed by atoms with Crippen molar-refractivity contribution in [2.24, 2.45) is 11.8 Å². The zero-order chi connectivity index (χ0) is 19.3. The Kier molecular flexibility index (Phi) is 10.9. The number of carbonyl (C=O) groups excluding carboxylic acids is 1. The molecule has 2 unspecified atom stereocenters. The van der Waals surface area contributed by atoms with Crippen molar-refractivity contribution in [3.63, 3.8) is 0 Å². The molecule has 1 aromatic rings. The summed E-state index contributed by atoms with van der Waals surface area (Å²) in [4.78, 5) is 15.4. The monoisotopic (exact) mass is 445 g/mol. The van der Waals surface area contributed by atoms with Crippen LogP contribution in [0.25, 0.3) is 0 Å². The van der Waals surface area contributed by atoms with Crippen LogP contribution in [0.5, 0.6) is 0 Å². The molecule has 0 bridgehead atoms. The molecule has 2 fully saturated rings. The van der Waals surface area contributed by atoms with E-state index in [1.807, 2.05) is 0 Å². The number of rotatable bonds is 6. The number of methoxy groups -OCH3 is 1. The molecule has 0 aromatic heterocycles. The van der Waals surface area contributed by atoms with E-state index in [9.17, 15) is 4.79 Å². The maximum absolute atomic E-state index is 12.8. The van der Waals surface area contributed by atoms with Crippen LogP contribution >= 0.6 is 24.8 Å². The number of hydrogen-bond acceptors (Lipinski definition) is 4. The number of hydrogen-bond donors (Lipinski definition) is 2. The summed E-state index contributed by atoms with van der Waals surface area (Å²) in [6.07, 6.45) is 2.77. The first kappa shape index (κ1) is 26.2. The van der Waals surface area contributed by atoms with Gasteiger partial charge in [-0.1, -0.05) is 38.1 Å². The van der Waals surface area contributed by atoms with Gasteiger partial charge >= 0.3 is 0 Å². The highest BCUT2D eigenvalue weighted by Crippen LogP contribution is 2.25. The van der Waals surface area contributed by atoms with Gasteiger partial charge in [-0.15, -0.1) is 24.8 Å². The maximum atomic E-state index is 12.8. The van der Waals surface area contributed by atoms with Crippen LogP contribution in [-0.2, 0) is 22.6 Å². The van der Waals surface area contributed by atoms with E-state index in [4.69, 9.17) is 4.74 Å². The summed E-state index contributed by atoms with van der Waals surface area (Å²) in [6, 6.07) is 8.49. The first-order valence-electron chi connectivity index (χ1n) is 10.4. The van der Waals surface area contributed by atoms with Crippen molar-refractivity contribution in [2.75, 3.05) is 33.3 Å². The highest BCUT2D eigenvalue weighted by atomic mass is 35.5. The molecule has 29 heavy (non-hydrogen) atoms. The summed E-state index contributed by atoms with van der Waals surface area (Å²) in [5.41, 5.74) is 1.84. The third-order valence-electron chi connectivity index (χ3n) is 6.11. The van der Waals surface area contributed by atoms with E-state index in [2.05, 4.69) is 53.6 Å². The minimum atomic E-state index is -0.683. The van der Waals surface area contributed by atoms with Crippen molar-refractivity contribution in [2.45, 2.75) is 51.8 Å². The van der Waals surface area contributed by atoms with E-state index in [1.165, 1.54) is 17.5 Å². The second-order valence-electron chi connectivity index (χ2n) is 8.54. The van der Waals surface area contributed by atoms with Crippen molar-refractivity contribution in [3.05, 3.63) is 35.4 Å². The minimum absolute atomic E-state index is 0. The van der Waals surface area contributed by atoms with Gasteiger partial charge in [-0.2, -0.15) is 0 Å². The zero-order valence-corrected chi connectivity index (χ0v) is 19.5. The van der Waals surface area contributed by atoms with Crippen LogP contribution < -0.4 is 10.6 Å². The highest BCUT2D eigenvalue weighted by Gasteiger charge is 2.39. The van der Waals surface area contributed by atoms with Gasteiger partial charge < -0.3 is 15.4 Å². The van der Waals surface area contributed by atoms with Gasteiger partial charge in [0.2, 0.25) is 0 Å². The third kappa shape index (κ3) is 6.83. The van der Waals surface area contributed by atoms with Crippen molar-refractivity contribution in [1.29, 1.82) is 0 Å². The molecule has 2 heterocycles. The second-order valence-corrected chi connectivity index (χ2v) is 8.54. The number of piperidine rings is 2. The predicted molar refractivity (Wildman–Crippen MR) is 123 cm³/mol. The fourth-order valence-corrected chi connectivity index (χ4v) is 4.74. The standard InChI is InChI=1S/C22H35N3O2.2ClH/c1-17-12-18(2)15-25(14-17)16-20-7-5-4-6-19(20)13-24-21(26)22(27-3)8-10-23-11-9-22;;/h4-7,17-18,23H,8-16H2,1-3H3,(H,24,26);2*1H. The van der Waals surface area contributed by atoms with Gasteiger partial charge in [0.05, 0.1) is 0 Å². The average Bonchev–Trinajstić information content (AvgIpc) is 2.66. The number of ether oxygens (including phenoxy) is 1. The number of likely N-dealkylation sites (tertiary alicyclic amines) is 1. The predicted octanol–water partition coefficient (Wildman–Crippen LogP) is 3.39. The molecule has 2 aliphatic heterocycles. The molecule has 0 aliphatic carbocycles. The Morgan fingerprint density at radius 3 is 2.31 bits per heavy atom. The first-order chi connectivity index (χ1) is 13.0. The Hall–Kier alpha value is -0.850. The fourth-order valence-electron chi connectivity index (χ4n) is 4.74. The number of nitrogens with one attached hydrogen (secondary N) is 2. The molecule has 0 saturated carbocycles. The number of amides is 1. The molecule has 7 heteroatoms. The molecule has 3 rings (SSSR count). The van der Waals surface area contributed by atoms with Crippen molar-refractivity contribution in [3.8, 4) is 0 Å². The Labute approximate surface area is 188 Å². The maximum Gasteiger partial charge on any atom is 0.252 e. The van der Waals surface area contributed by atoms with E-state index < -0.39 is 5.60 Å². The summed E-state index contributed by atoms with van der Waals surface area (Å²) in [5.74, 6) is 1.52. The van der Waals surface area contributed by atoms with Gasteiger partial charge in [-0.3, -0.25) is 9.69 Å². The molecular weight excluding hydrogens is 409 g/mol. The average molecular weight is 446 g/mol. The Bertz CT molecular complexity index is 628.